The van der Waals surface area contributed by atoms with Gasteiger partial charge in [0.2, 0.25) is 0 Å². The summed E-state index contributed by atoms with van der Waals surface area (Å²) in [5, 5.41) is 0.874. The van der Waals surface area contributed by atoms with Crippen molar-refractivity contribution in [3.05, 3.63) is 52.9 Å². The van der Waals surface area contributed by atoms with Gasteiger partial charge in [0.05, 0.1) is 6.61 Å². The van der Waals surface area contributed by atoms with Crippen LogP contribution in [0.1, 0.15) is 46.5 Å². The quantitative estimate of drug-likeness (QED) is 0.546. The van der Waals surface area contributed by atoms with E-state index < -0.39 is 0 Å². The molecule has 0 N–H and O–H groups in total. The van der Waals surface area contributed by atoms with Crippen LogP contribution in [0.5, 0.6) is 5.75 Å². The maximum Gasteiger partial charge on any atom is 0.336 e. The Morgan fingerprint density at radius 2 is 1.89 bits per heavy atom. The molecule has 0 aliphatic heterocycles. The fourth-order valence-electron chi connectivity index (χ4n) is 5.44. The van der Waals surface area contributed by atoms with E-state index in [-0.39, 0.29) is 22.4 Å². The SMILES string of the molecule is C=C1C(COc2ccc3ccc(=O)oc3c2)CCC2C(C)(C)C(=O)CCC12C. The van der Waals surface area contributed by atoms with Crippen molar-refractivity contribution in [2.45, 2.75) is 46.5 Å². The number of rotatable bonds is 3. The zero-order valence-corrected chi connectivity index (χ0v) is 16.9. The van der Waals surface area contributed by atoms with Gasteiger partial charge in [0.1, 0.15) is 17.1 Å². The standard InChI is InChI=1S/C24H28O4/c1-15-17(6-9-20-23(2,3)21(25)11-12-24(15,20)4)14-27-18-8-5-16-7-10-22(26)28-19(16)13-18/h5,7-8,10,13,17,20H,1,6,9,11-12,14H2,2-4H3. The lowest BCUT2D eigenvalue weighted by Crippen LogP contribution is -2.52. The predicted octanol–water partition coefficient (Wildman–Crippen LogP) is 5.15. The average Bonchev–Trinajstić information content (AvgIpc) is 2.65. The highest BCUT2D eigenvalue weighted by atomic mass is 16.5. The van der Waals surface area contributed by atoms with Gasteiger partial charge in [-0.05, 0) is 48.8 Å². The summed E-state index contributed by atoms with van der Waals surface area (Å²) in [5.74, 6) is 1.69. The highest BCUT2D eigenvalue weighted by Crippen LogP contribution is 2.59. The third kappa shape index (κ3) is 2.99. The molecule has 4 nitrogen and oxygen atoms in total. The molecule has 3 unspecified atom stereocenters. The van der Waals surface area contributed by atoms with Gasteiger partial charge < -0.3 is 9.15 Å². The van der Waals surface area contributed by atoms with Crippen molar-refractivity contribution in [3.63, 3.8) is 0 Å². The molecule has 3 atom stereocenters. The first-order valence-electron chi connectivity index (χ1n) is 10.1. The smallest absolute Gasteiger partial charge is 0.336 e. The lowest BCUT2D eigenvalue weighted by atomic mass is 9.48. The molecule has 1 aromatic heterocycles. The van der Waals surface area contributed by atoms with Crippen molar-refractivity contribution in [1.82, 2.24) is 0 Å². The van der Waals surface area contributed by atoms with Gasteiger partial charge in [-0.3, -0.25) is 4.79 Å². The van der Waals surface area contributed by atoms with E-state index in [0.717, 1.165) is 24.6 Å². The molecule has 0 amide bonds. The Bertz CT molecular complexity index is 999. The molecular formula is C24H28O4. The summed E-state index contributed by atoms with van der Waals surface area (Å²) in [4.78, 5) is 23.9. The minimum absolute atomic E-state index is 0.0140. The van der Waals surface area contributed by atoms with Gasteiger partial charge in [0.25, 0.3) is 0 Å². The summed E-state index contributed by atoms with van der Waals surface area (Å²) in [6.07, 6.45) is 3.53. The number of carbonyl (C=O) groups excluding carboxylic acids is 1. The number of ketones is 1. The van der Waals surface area contributed by atoms with Crippen molar-refractivity contribution in [3.8, 4) is 5.75 Å². The van der Waals surface area contributed by atoms with Crippen molar-refractivity contribution < 1.29 is 13.9 Å². The second-order valence-corrected chi connectivity index (χ2v) is 9.18. The molecule has 0 bridgehead atoms. The first kappa shape index (κ1) is 19.0. The fourth-order valence-corrected chi connectivity index (χ4v) is 5.44. The van der Waals surface area contributed by atoms with E-state index in [0.29, 0.717) is 36.1 Å². The summed E-state index contributed by atoms with van der Waals surface area (Å²) in [6, 6.07) is 8.75. The zero-order chi connectivity index (χ0) is 20.1. The Balaban J connectivity index is 1.50. The maximum absolute atomic E-state index is 12.5. The molecule has 2 aromatic rings. The largest absolute Gasteiger partial charge is 0.493 e. The van der Waals surface area contributed by atoms with E-state index in [1.54, 1.807) is 12.1 Å². The van der Waals surface area contributed by atoms with E-state index in [1.165, 1.54) is 11.6 Å². The van der Waals surface area contributed by atoms with E-state index in [2.05, 4.69) is 27.4 Å². The Kier molecular flexibility index (Phi) is 4.48. The van der Waals surface area contributed by atoms with Crippen LogP contribution in [-0.4, -0.2) is 12.4 Å². The fraction of sp³-hybridized carbons (Fsp3) is 0.500. The number of carbonyl (C=O) groups is 1. The van der Waals surface area contributed by atoms with Crippen LogP contribution in [-0.2, 0) is 4.79 Å². The monoisotopic (exact) mass is 380 g/mol. The van der Waals surface area contributed by atoms with Crippen LogP contribution < -0.4 is 10.4 Å². The summed E-state index contributed by atoms with van der Waals surface area (Å²) in [7, 11) is 0. The molecule has 2 fully saturated rings. The van der Waals surface area contributed by atoms with Crippen molar-refractivity contribution in [1.29, 1.82) is 0 Å². The minimum Gasteiger partial charge on any atom is -0.493 e. The normalized spacial score (nSPS) is 29.5. The van der Waals surface area contributed by atoms with E-state index in [1.807, 2.05) is 12.1 Å². The minimum atomic E-state index is -0.362. The second kappa shape index (κ2) is 6.61. The van der Waals surface area contributed by atoms with Crippen molar-refractivity contribution in [2.24, 2.45) is 22.7 Å². The summed E-state index contributed by atoms with van der Waals surface area (Å²) < 4.78 is 11.3. The predicted molar refractivity (Wildman–Crippen MR) is 109 cm³/mol. The third-order valence-corrected chi connectivity index (χ3v) is 7.31. The van der Waals surface area contributed by atoms with E-state index in [4.69, 9.17) is 9.15 Å². The van der Waals surface area contributed by atoms with Gasteiger partial charge >= 0.3 is 5.63 Å². The van der Waals surface area contributed by atoms with Gasteiger partial charge in [-0.1, -0.05) is 32.9 Å². The molecule has 0 saturated heterocycles. The highest BCUT2D eigenvalue weighted by Gasteiger charge is 2.54. The van der Waals surface area contributed by atoms with Crippen LogP contribution in [0, 0.1) is 22.7 Å². The number of hydrogen-bond donors (Lipinski definition) is 0. The van der Waals surface area contributed by atoms with Gasteiger partial charge in [0.15, 0.2) is 0 Å². The second-order valence-electron chi connectivity index (χ2n) is 9.18. The van der Waals surface area contributed by atoms with Gasteiger partial charge in [-0.25, -0.2) is 4.79 Å². The summed E-state index contributed by atoms with van der Waals surface area (Å²) in [5.41, 5.74) is 1.10. The van der Waals surface area contributed by atoms with Crippen LogP contribution in [0.3, 0.4) is 0 Å². The first-order valence-corrected chi connectivity index (χ1v) is 10.1. The lowest BCUT2D eigenvalue weighted by molar-refractivity contribution is -0.140. The zero-order valence-electron chi connectivity index (χ0n) is 16.9. The Labute approximate surface area is 165 Å². The third-order valence-electron chi connectivity index (χ3n) is 7.31. The molecule has 0 spiro atoms. The molecule has 1 aromatic carbocycles. The number of Topliss-reactive ketones (excluding diaryl/α,β-unsaturated/α-hetero) is 1. The molecule has 28 heavy (non-hydrogen) atoms. The Morgan fingerprint density at radius 3 is 2.68 bits per heavy atom. The molecule has 148 valence electrons. The van der Waals surface area contributed by atoms with Crippen molar-refractivity contribution >= 4 is 16.8 Å². The number of fused-ring (bicyclic) bond motifs is 2. The van der Waals surface area contributed by atoms with E-state index >= 15 is 0 Å². The molecule has 2 aliphatic rings. The van der Waals surface area contributed by atoms with Crippen LogP contribution in [0.2, 0.25) is 0 Å². The van der Waals surface area contributed by atoms with Gasteiger partial charge in [-0.2, -0.15) is 0 Å². The average molecular weight is 380 g/mol. The first-order chi connectivity index (χ1) is 13.2. The maximum atomic E-state index is 12.5. The highest BCUT2D eigenvalue weighted by molar-refractivity contribution is 5.85. The van der Waals surface area contributed by atoms with Crippen LogP contribution >= 0.6 is 0 Å². The van der Waals surface area contributed by atoms with Crippen LogP contribution in [0.25, 0.3) is 11.0 Å². The molecule has 4 heteroatoms. The Morgan fingerprint density at radius 1 is 1.14 bits per heavy atom. The van der Waals surface area contributed by atoms with Crippen LogP contribution in [0.4, 0.5) is 0 Å². The summed E-state index contributed by atoms with van der Waals surface area (Å²) in [6.45, 7) is 11.5. The van der Waals surface area contributed by atoms with Crippen molar-refractivity contribution in [2.75, 3.05) is 6.61 Å². The van der Waals surface area contributed by atoms with Gasteiger partial charge in [0, 0.05) is 35.3 Å². The molecule has 2 aliphatic carbocycles. The number of hydrogen-bond acceptors (Lipinski definition) is 4. The molecule has 4 rings (SSSR count). The Hall–Kier alpha value is -2.36. The van der Waals surface area contributed by atoms with E-state index in [9.17, 15) is 9.59 Å². The molecular weight excluding hydrogens is 352 g/mol. The number of benzene rings is 1. The lowest BCUT2D eigenvalue weighted by Gasteiger charge is -2.55. The van der Waals surface area contributed by atoms with Gasteiger partial charge in [-0.15, -0.1) is 0 Å². The van der Waals surface area contributed by atoms with Crippen LogP contribution in [0.15, 0.2) is 51.7 Å². The molecule has 2 saturated carbocycles. The summed E-state index contributed by atoms with van der Waals surface area (Å²) >= 11 is 0. The number of ether oxygens (including phenoxy) is 1. The molecule has 0 radical (unpaired) electrons. The topological polar surface area (TPSA) is 56.5 Å². The molecule has 1 heterocycles.